The number of nitrogens with one attached hydrogen (secondary N) is 2. The molecule has 0 radical (unpaired) electrons. The highest BCUT2D eigenvalue weighted by atomic mass is 19.1. The highest BCUT2D eigenvalue weighted by Crippen LogP contribution is 2.22. The van der Waals surface area contributed by atoms with Gasteiger partial charge in [-0.05, 0) is 36.4 Å². The molecule has 0 atom stereocenters. The van der Waals surface area contributed by atoms with Crippen LogP contribution in [0.15, 0.2) is 85.1 Å². The summed E-state index contributed by atoms with van der Waals surface area (Å²) in [5, 5.41) is 9.46. The maximum atomic E-state index is 13.7. The molecule has 4 rings (SSSR count). The van der Waals surface area contributed by atoms with Gasteiger partial charge >= 0.3 is 0 Å². The Bertz CT molecular complexity index is 1270. The first-order valence-corrected chi connectivity index (χ1v) is 10.2. The number of hydrogen-bond donors (Lipinski definition) is 2. The van der Waals surface area contributed by atoms with Crippen LogP contribution in [0.25, 0.3) is 16.9 Å². The zero-order valence-electron chi connectivity index (χ0n) is 17.5. The minimum absolute atomic E-state index is 0.00928. The van der Waals surface area contributed by atoms with Crippen molar-refractivity contribution in [1.29, 1.82) is 0 Å². The Labute approximate surface area is 188 Å². The Balaban J connectivity index is 1.38. The van der Waals surface area contributed by atoms with Gasteiger partial charge in [0.2, 0.25) is 0 Å². The van der Waals surface area contributed by atoms with E-state index in [0.29, 0.717) is 5.56 Å². The van der Waals surface area contributed by atoms with Crippen molar-refractivity contribution in [2.45, 2.75) is 0 Å². The SMILES string of the molecule is O=C(NCCNC(=O)c1c(F)cccc1F)c1cccc(-n2nccc2-c2ccccc2)c1. The summed E-state index contributed by atoms with van der Waals surface area (Å²) < 4.78 is 29.1. The van der Waals surface area contributed by atoms with Crippen molar-refractivity contribution in [1.82, 2.24) is 20.4 Å². The predicted molar refractivity (Wildman–Crippen MR) is 120 cm³/mol. The van der Waals surface area contributed by atoms with Crippen molar-refractivity contribution in [2.24, 2.45) is 0 Å². The van der Waals surface area contributed by atoms with Gasteiger partial charge in [0.15, 0.2) is 0 Å². The molecule has 0 aliphatic rings. The molecule has 0 aliphatic carbocycles. The molecule has 0 saturated carbocycles. The molecule has 0 unspecified atom stereocenters. The summed E-state index contributed by atoms with van der Waals surface area (Å²) in [6.45, 7) is 0.0945. The van der Waals surface area contributed by atoms with Crippen LogP contribution in [0, 0.1) is 11.6 Å². The van der Waals surface area contributed by atoms with Crippen molar-refractivity contribution >= 4 is 11.8 Å². The Morgan fingerprint density at radius 3 is 2.18 bits per heavy atom. The molecule has 2 amide bonds. The lowest BCUT2D eigenvalue weighted by molar-refractivity contribution is 0.0922. The first kappa shape index (κ1) is 21.9. The Kier molecular flexibility index (Phi) is 6.54. The van der Waals surface area contributed by atoms with Gasteiger partial charge in [0, 0.05) is 24.2 Å². The average molecular weight is 446 g/mol. The number of benzene rings is 3. The second-order valence-corrected chi connectivity index (χ2v) is 7.15. The summed E-state index contributed by atoms with van der Waals surface area (Å²) in [7, 11) is 0. The molecule has 0 fully saturated rings. The van der Waals surface area contributed by atoms with E-state index in [1.54, 1.807) is 29.1 Å². The van der Waals surface area contributed by atoms with Crippen LogP contribution in [0.2, 0.25) is 0 Å². The molecule has 4 aromatic rings. The number of halogens is 2. The monoisotopic (exact) mass is 446 g/mol. The molecular weight excluding hydrogens is 426 g/mol. The van der Waals surface area contributed by atoms with E-state index in [2.05, 4.69) is 15.7 Å². The molecule has 2 N–H and O–H groups in total. The van der Waals surface area contributed by atoms with Crippen LogP contribution < -0.4 is 10.6 Å². The smallest absolute Gasteiger partial charge is 0.257 e. The largest absolute Gasteiger partial charge is 0.350 e. The van der Waals surface area contributed by atoms with Gasteiger partial charge < -0.3 is 10.6 Å². The zero-order valence-corrected chi connectivity index (χ0v) is 17.5. The van der Waals surface area contributed by atoms with Gasteiger partial charge in [0.1, 0.15) is 17.2 Å². The Morgan fingerprint density at radius 2 is 1.45 bits per heavy atom. The zero-order chi connectivity index (χ0) is 23.2. The summed E-state index contributed by atoms with van der Waals surface area (Å²) in [4.78, 5) is 24.6. The van der Waals surface area contributed by atoms with E-state index in [0.717, 1.165) is 29.1 Å². The molecule has 8 heteroatoms. The lowest BCUT2D eigenvalue weighted by Gasteiger charge is -2.11. The lowest BCUT2D eigenvalue weighted by atomic mass is 10.1. The molecule has 0 aliphatic heterocycles. The van der Waals surface area contributed by atoms with Crippen molar-refractivity contribution in [3.05, 3.63) is 108 Å². The summed E-state index contributed by atoms with van der Waals surface area (Å²) in [6.07, 6.45) is 1.69. The number of carbonyl (C=O) groups excluding carboxylic acids is 2. The highest BCUT2D eigenvalue weighted by Gasteiger charge is 2.16. The Hall–Kier alpha value is -4.33. The molecular formula is C25H20F2N4O2. The summed E-state index contributed by atoms with van der Waals surface area (Å²) >= 11 is 0. The van der Waals surface area contributed by atoms with Crippen molar-refractivity contribution < 1.29 is 18.4 Å². The van der Waals surface area contributed by atoms with Gasteiger partial charge in [-0.15, -0.1) is 0 Å². The minimum Gasteiger partial charge on any atom is -0.350 e. The first-order valence-electron chi connectivity index (χ1n) is 10.2. The molecule has 33 heavy (non-hydrogen) atoms. The first-order chi connectivity index (χ1) is 16.0. The Morgan fingerprint density at radius 1 is 0.788 bits per heavy atom. The maximum absolute atomic E-state index is 13.7. The van der Waals surface area contributed by atoms with Crippen molar-refractivity contribution in [3.8, 4) is 16.9 Å². The fourth-order valence-electron chi connectivity index (χ4n) is 3.37. The van der Waals surface area contributed by atoms with Gasteiger partial charge in [0.05, 0.1) is 17.6 Å². The van der Waals surface area contributed by atoms with E-state index in [4.69, 9.17) is 0 Å². The number of aromatic nitrogens is 2. The molecule has 3 aromatic carbocycles. The average Bonchev–Trinajstić information content (AvgIpc) is 3.32. The van der Waals surface area contributed by atoms with E-state index in [-0.39, 0.29) is 19.0 Å². The van der Waals surface area contributed by atoms with Crippen LogP contribution in [0.5, 0.6) is 0 Å². The third-order valence-corrected chi connectivity index (χ3v) is 4.95. The van der Waals surface area contributed by atoms with Crippen LogP contribution in [0.1, 0.15) is 20.7 Å². The van der Waals surface area contributed by atoms with Crippen LogP contribution in [0.4, 0.5) is 8.78 Å². The van der Waals surface area contributed by atoms with Gasteiger partial charge in [-0.1, -0.05) is 42.5 Å². The van der Waals surface area contributed by atoms with Crippen molar-refractivity contribution in [3.63, 3.8) is 0 Å². The predicted octanol–water partition coefficient (Wildman–Crippen LogP) is 3.98. The minimum atomic E-state index is -0.943. The standard InChI is InChI=1S/C25H20F2N4O2/c26-20-10-5-11-21(27)23(20)25(33)29-15-14-28-24(32)18-8-4-9-19(16-18)31-22(12-13-30-31)17-6-2-1-3-7-17/h1-13,16H,14-15H2,(H,28,32)(H,29,33). The van der Waals surface area contributed by atoms with Crippen LogP contribution in [-0.2, 0) is 0 Å². The summed E-state index contributed by atoms with van der Waals surface area (Å²) in [5.74, 6) is -3.12. The molecule has 0 saturated heterocycles. The number of hydrogen-bond acceptors (Lipinski definition) is 3. The summed E-state index contributed by atoms with van der Waals surface area (Å²) in [5.41, 5.74) is 2.36. The van der Waals surface area contributed by atoms with Gasteiger partial charge in [-0.2, -0.15) is 5.10 Å². The maximum Gasteiger partial charge on any atom is 0.257 e. The van der Waals surface area contributed by atoms with Gasteiger partial charge in [0.25, 0.3) is 11.8 Å². The molecule has 166 valence electrons. The topological polar surface area (TPSA) is 76.0 Å². The molecule has 0 spiro atoms. The van der Waals surface area contributed by atoms with E-state index in [1.807, 2.05) is 42.5 Å². The second-order valence-electron chi connectivity index (χ2n) is 7.15. The van der Waals surface area contributed by atoms with E-state index in [1.165, 1.54) is 6.07 Å². The molecule has 6 nitrogen and oxygen atoms in total. The van der Waals surface area contributed by atoms with Crippen LogP contribution in [-0.4, -0.2) is 34.7 Å². The number of carbonyl (C=O) groups is 2. The quantitative estimate of drug-likeness (QED) is 0.422. The molecule has 1 heterocycles. The number of amides is 2. The van der Waals surface area contributed by atoms with E-state index < -0.39 is 23.1 Å². The lowest BCUT2D eigenvalue weighted by Crippen LogP contribution is -2.35. The number of rotatable bonds is 7. The van der Waals surface area contributed by atoms with Crippen LogP contribution >= 0.6 is 0 Å². The normalized spacial score (nSPS) is 10.6. The van der Waals surface area contributed by atoms with Gasteiger partial charge in [-0.3, -0.25) is 9.59 Å². The number of nitrogens with zero attached hydrogens (tertiary/aromatic N) is 2. The third kappa shape index (κ3) is 4.95. The third-order valence-electron chi connectivity index (χ3n) is 4.95. The van der Waals surface area contributed by atoms with E-state index in [9.17, 15) is 18.4 Å². The fraction of sp³-hybridized carbons (Fsp3) is 0.0800. The highest BCUT2D eigenvalue weighted by molar-refractivity contribution is 5.95. The molecule has 1 aromatic heterocycles. The van der Waals surface area contributed by atoms with Gasteiger partial charge in [-0.25, -0.2) is 13.5 Å². The second kappa shape index (κ2) is 9.86. The fourth-order valence-corrected chi connectivity index (χ4v) is 3.37. The van der Waals surface area contributed by atoms with Crippen molar-refractivity contribution in [2.75, 3.05) is 13.1 Å². The summed E-state index contributed by atoms with van der Waals surface area (Å²) in [6, 6.07) is 21.8. The van der Waals surface area contributed by atoms with E-state index >= 15 is 0 Å². The van der Waals surface area contributed by atoms with Crippen LogP contribution in [0.3, 0.4) is 0 Å². The molecule has 0 bridgehead atoms.